The van der Waals surface area contributed by atoms with Gasteiger partial charge >= 0.3 is 0 Å². The monoisotopic (exact) mass is 175 g/mol. The van der Waals surface area contributed by atoms with Crippen molar-refractivity contribution in [2.45, 2.75) is 6.61 Å². The van der Waals surface area contributed by atoms with Gasteiger partial charge in [-0.25, -0.2) is 9.50 Å². The third-order valence-electron chi connectivity index (χ3n) is 2.09. The van der Waals surface area contributed by atoms with Crippen LogP contribution in [0.2, 0.25) is 0 Å². The summed E-state index contributed by atoms with van der Waals surface area (Å²) in [4.78, 5) is 0. The van der Waals surface area contributed by atoms with Crippen molar-refractivity contribution in [2.24, 2.45) is 0 Å². The topological polar surface area (TPSA) is 19.9 Å². The van der Waals surface area contributed by atoms with E-state index >= 15 is 0 Å². The zero-order chi connectivity index (χ0) is 9.26. The lowest BCUT2D eigenvalue weighted by molar-refractivity contribution is 0.179. The lowest BCUT2D eigenvalue weighted by atomic mass is 10.1. The van der Waals surface area contributed by atoms with Crippen LogP contribution < -0.4 is 0 Å². The van der Waals surface area contributed by atoms with Gasteiger partial charge in [0.25, 0.3) is 0 Å². The first kappa shape index (κ1) is 8.20. The van der Waals surface area contributed by atoms with Gasteiger partial charge in [-0.3, -0.25) is 0 Å². The molecule has 0 bridgehead atoms. The molecule has 1 radical (unpaired) electrons. The third-order valence-corrected chi connectivity index (χ3v) is 2.09. The Kier molecular flexibility index (Phi) is 1.99. The van der Waals surface area contributed by atoms with E-state index in [9.17, 15) is 9.50 Å². The van der Waals surface area contributed by atoms with Gasteiger partial charge in [0.05, 0.1) is 0 Å². The summed E-state index contributed by atoms with van der Waals surface area (Å²) in [6.07, 6.45) is 0. The summed E-state index contributed by atoms with van der Waals surface area (Å²) in [5.74, 6) is -0.298. The summed E-state index contributed by atoms with van der Waals surface area (Å²) >= 11 is 0. The van der Waals surface area contributed by atoms with E-state index in [1.807, 2.05) is 12.1 Å². The van der Waals surface area contributed by atoms with Gasteiger partial charge in [0, 0.05) is 0 Å². The predicted molar refractivity (Wildman–Crippen MR) is 48.3 cm³/mol. The summed E-state index contributed by atoms with van der Waals surface area (Å²) in [6, 6.07) is 9.90. The van der Waals surface area contributed by atoms with Gasteiger partial charge in [-0.1, -0.05) is 24.3 Å². The minimum Gasteiger partial charge on any atom is -0.232 e. The van der Waals surface area contributed by atoms with Crippen molar-refractivity contribution in [3.8, 4) is 0 Å². The lowest BCUT2D eigenvalue weighted by Crippen LogP contribution is -1.85. The van der Waals surface area contributed by atoms with Gasteiger partial charge in [0.2, 0.25) is 0 Å². The lowest BCUT2D eigenvalue weighted by Gasteiger charge is -2.01. The van der Waals surface area contributed by atoms with E-state index in [4.69, 9.17) is 0 Å². The van der Waals surface area contributed by atoms with Crippen LogP contribution >= 0.6 is 0 Å². The molecule has 0 aromatic heterocycles. The Labute approximate surface area is 75.4 Å². The van der Waals surface area contributed by atoms with Crippen LogP contribution in [0.25, 0.3) is 10.8 Å². The summed E-state index contributed by atoms with van der Waals surface area (Å²) in [7, 11) is 0. The summed E-state index contributed by atoms with van der Waals surface area (Å²) < 4.78 is 12.9. The van der Waals surface area contributed by atoms with Crippen molar-refractivity contribution in [2.75, 3.05) is 0 Å². The highest BCUT2D eigenvalue weighted by Gasteiger charge is 2.00. The zero-order valence-electron chi connectivity index (χ0n) is 6.96. The Morgan fingerprint density at radius 1 is 1.15 bits per heavy atom. The van der Waals surface area contributed by atoms with Gasteiger partial charge in [0.15, 0.2) is 0 Å². The molecule has 0 saturated carbocycles. The molecule has 65 valence electrons. The molecule has 0 aliphatic carbocycles. The maximum Gasteiger partial charge on any atom is 0.123 e. The van der Waals surface area contributed by atoms with Crippen LogP contribution in [0.5, 0.6) is 0 Å². The van der Waals surface area contributed by atoms with Gasteiger partial charge in [-0.2, -0.15) is 0 Å². The molecule has 2 aromatic carbocycles. The summed E-state index contributed by atoms with van der Waals surface area (Å²) in [5, 5.41) is 12.4. The van der Waals surface area contributed by atoms with Crippen LogP contribution in [-0.2, 0) is 11.7 Å². The van der Waals surface area contributed by atoms with E-state index in [0.29, 0.717) is 5.56 Å². The fourth-order valence-corrected chi connectivity index (χ4v) is 1.44. The van der Waals surface area contributed by atoms with Gasteiger partial charge in [-0.15, -0.1) is 0 Å². The molecule has 0 heterocycles. The molecule has 2 rings (SSSR count). The van der Waals surface area contributed by atoms with Crippen LogP contribution in [0.4, 0.5) is 4.39 Å². The maximum absolute atomic E-state index is 12.9. The highest BCUT2D eigenvalue weighted by atomic mass is 19.1. The number of hydrogen-bond acceptors (Lipinski definition) is 0. The second kappa shape index (κ2) is 3.15. The molecule has 0 fully saturated rings. The molecule has 0 amide bonds. The molecule has 0 unspecified atom stereocenters. The fourth-order valence-electron chi connectivity index (χ4n) is 1.44. The molecule has 0 aliphatic rings. The molecule has 1 nitrogen and oxygen atoms in total. The predicted octanol–water partition coefficient (Wildman–Crippen LogP) is 2.91. The van der Waals surface area contributed by atoms with Crippen LogP contribution in [0.15, 0.2) is 36.4 Å². The zero-order valence-corrected chi connectivity index (χ0v) is 6.96. The molecule has 0 N–H and O–H groups in total. The number of fused-ring (bicyclic) bond motifs is 1. The van der Waals surface area contributed by atoms with Crippen molar-refractivity contribution in [3.05, 3.63) is 47.8 Å². The van der Waals surface area contributed by atoms with Crippen LogP contribution in [0.3, 0.4) is 0 Å². The van der Waals surface area contributed by atoms with Crippen LogP contribution in [0.1, 0.15) is 5.56 Å². The molecule has 0 atom stereocenters. The van der Waals surface area contributed by atoms with Crippen molar-refractivity contribution >= 4 is 10.8 Å². The van der Waals surface area contributed by atoms with Gasteiger partial charge in [0.1, 0.15) is 12.4 Å². The molecular weight excluding hydrogens is 167 g/mol. The standard InChI is InChI=1S/C11H8FO/c12-10-5-4-8-2-1-3-9(7-13)11(8)6-10/h1-6H,7H2. The Bertz CT molecular complexity index is 437. The first-order valence-corrected chi connectivity index (χ1v) is 4.06. The average Bonchev–Trinajstić information content (AvgIpc) is 2.17. The van der Waals surface area contributed by atoms with Crippen molar-refractivity contribution < 1.29 is 9.50 Å². The first-order chi connectivity index (χ1) is 6.31. The van der Waals surface area contributed by atoms with Crippen LogP contribution in [-0.4, -0.2) is 0 Å². The minimum absolute atomic E-state index is 0.298. The largest absolute Gasteiger partial charge is 0.232 e. The highest BCUT2D eigenvalue weighted by molar-refractivity contribution is 5.85. The number of hydrogen-bond donors (Lipinski definition) is 0. The Balaban J connectivity index is 2.79. The highest BCUT2D eigenvalue weighted by Crippen LogP contribution is 2.19. The molecule has 13 heavy (non-hydrogen) atoms. The van der Waals surface area contributed by atoms with E-state index in [0.717, 1.165) is 10.8 Å². The fraction of sp³-hybridized carbons (Fsp3) is 0.0909. The summed E-state index contributed by atoms with van der Waals surface area (Å²) in [6.45, 7) is -0.305. The quantitative estimate of drug-likeness (QED) is 0.635. The molecule has 0 spiro atoms. The SMILES string of the molecule is [O]Cc1cccc2ccc(F)cc12. The Morgan fingerprint density at radius 3 is 2.77 bits per heavy atom. The molecule has 2 aromatic rings. The third kappa shape index (κ3) is 1.40. The van der Waals surface area contributed by atoms with E-state index in [1.54, 1.807) is 12.1 Å². The number of halogens is 1. The summed E-state index contributed by atoms with van der Waals surface area (Å²) in [5.41, 5.74) is 0.650. The average molecular weight is 175 g/mol. The second-order valence-electron chi connectivity index (χ2n) is 2.93. The van der Waals surface area contributed by atoms with E-state index in [2.05, 4.69) is 0 Å². The number of rotatable bonds is 1. The van der Waals surface area contributed by atoms with Gasteiger partial charge in [-0.05, 0) is 28.5 Å². The molecule has 2 heteroatoms. The number of benzene rings is 2. The molecule has 0 aliphatic heterocycles. The minimum atomic E-state index is -0.305. The Morgan fingerprint density at radius 2 is 2.00 bits per heavy atom. The van der Waals surface area contributed by atoms with E-state index in [-0.39, 0.29) is 12.4 Å². The second-order valence-corrected chi connectivity index (χ2v) is 2.93. The smallest absolute Gasteiger partial charge is 0.123 e. The van der Waals surface area contributed by atoms with E-state index < -0.39 is 0 Å². The van der Waals surface area contributed by atoms with Crippen molar-refractivity contribution in [3.63, 3.8) is 0 Å². The molecule has 0 saturated heterocycles. The van der Waals surface area contributed by atoms with Crippen molar-refractivity contribution in [1.82, 2.24) is 0 Å². The van der Waals surface area contributed by atoms with Crippen LogP contribution in [0, 0.1) is 5.82 Å². The van der Waals surface area contributed by atoms with Crippen molar-refractivity contribution in [1.29, 1.82) is 0 Å². The Hall–Kier alpha value is -1.41. The first-order valence-electron chi connectivity index (χ1n) is 4.06. The normalized spacial score (nSPS) is 10.6. The molecular formula is C11H8FO. The van der Waals surface area contributed by atoms with E-state index in [1.165, 1.54) is 12.1 Å². The van der Waals surface area contributed by atoms with Gasteiger partial charge < -0.3 is 0 Å². The maximum atomic E-state index is 12.9.